The van der Waals surface area contributed by atoms with Gasteiger partial charge in [-0.25, -0.2) is 4.98 Å². The molecule has 2 nitrogen and oxygen atoms in total. The SMILES string of the molecule is Cc1cnc(C2CCCCN2)s1.Cl.Cl. The van der Waals surface area contributed by atoms with Crippen LogP contribution in [0.5, 0.6) is 0 Å². The van der Waals surface area contributed by atoms with Gasteiger partial charge in [-0.2, -0.15) is 0 Å². The fraction of sp³-hybridized carbons (Fsp3) is 0.667. The van der Waals surface area contributed by atoms with Gasteiger partial charge in [0.05, 0.1) is 6.04 Å². The summed E-state index contributed by atoms with van der Waals surface area (Å²) in [4.78, 5) is 5.71. The number of nitrogens with one attached hydrogen (secondary N) is 1. The predicted molar refractivity (Wildman–Crippen MR) is 65.9 cm³/mol. The van der Waals surface area contributed by atoms with Gasteiger partial charge in [0.2, 0.25) is 0 Å². The second kappa shape index (κ2) is 6.62. The second-order valence-corrected chi connectivity index (χ2v) is 4.58. The second-order valence-electron chi connectivity index (χ2n) is 3.31. The van der Waals surface area contributed by atoms with Crippen LogP contribution in [0.25, 0.3) is 0 Å². The van der Waals surface area contributed by atoms with E-state index in [2.05, 4.69) is 17.2 Å². The van der Waals surface area contributed by atoms with Crippen molar-refractivity contribution in [3.63, 3.8) is 0 Å². The number of thiazole rings is 1. The lowest BCUT2D eigenvalue weighted by Gasteiger charge is -2.20. The molecule has 1 saturated heterocycles. The number of piperidine rings is 1. The minimum Gasteiger partial charge on any atom is -0.308 e. The normalized spacial score (nSPS) is 20.8. The summed E-state index contributed by atoms with van der Waals surface area (Å²) in [5, 5.41) is 4.77. The van der Waals surface area contributed by atoms with Crippen molar-refractivity contribution in [3.8, 4) is 0 Å². The van der Waals surface area contributed by atoms with Crippen molar-refractivity contribution >= 4 is 36.2 Å². The maximum Gasteiger partial charge on any atom is 0.110 e. The van der Waals surface area contributed by atoms with E-state index in [9.17, 15) is 0 Å². The number of nitrogens with zero attached hydrogens (tertiary/aromatic N) is 1. The molecule has 0 aromatic carbocycles. The van der Waals surface area contributed by atoms with E-state index >= 15 is 0 Å². The summed E-state index contributed by atoms with van der Waals surface area (Å²) in [6.45, 7) is 3.27. The van der Waals surface area contributed by atoms with Gasteiger partial charge in [0.25, 0.3) is 0 Å². The Balaban J connectivity index is 0.000000845. The highest BCUT2D eigenvalue weighted by molar-refractivity contribution is 7.11. The Bertz CT molecular complexity index is 259. The predicted octanol–water partition coefficient (Wildman–Crippen LogP) is 3.11. The molecule has 1 aliphatic heterocycles. The van der Waals surface area contributed by atoms with Gasteiger partial charge in [0.1, 0.15) is 5.01 Å². The average molecular weight is 255 g/mol. The Labute approximate surface area is 101 Å². The summed E-state index contributed by atoms with van der Waals surface area (Å²) in [7, 11) is 0. The number of hydrogen-bond donors (Lipinski definition) is 1. The third-order valence-electron chi connectivity index (χ3n) is 2.25. The van der Waals surface area contributed by atoms with Gasteiger partial charge in [0.15, 0.2) is 0 Å². The van der Waals surface area contributed by atoms with E-state index in [1.165, 1.54) is 29.1 Å². The number of aromatic nitrogens is 1. The maximum atomic E-state index is 4.40. The first-order chi connectivity index (χ1) is 5.86. The van der Waals surface area contributed by atoms with Crippen LogP contribution in [0, 0.1) is 6.92 Å². The molecule has 1 atom stereocenters. The maximum absolute atomic E-state index is 4.40. The van der Waals surface area contributed by atoms with Crippen LogP contribution in [0.2, 0.25) is 0 Å². The van der Waals surface area contributed by atoms with E-state index < -0.39 is 0 Å². The zero-order chi connectivity index (χ0) is 8.39. The first-order valence-corrected chi connectivity index (χ1v) is 5.33. The van der Waals surface area contributed by atoms with Crippen molar-refractivity contribution in [2.24, 2.45) is 0 Å². The van der Waals surface area contributed by atoms with Crippen LogP contribution in [0.3, 0.4) is 0 Å². The molecule has 0 bridgehead atoms. The Morgan fingerprint density at radius 3 is 2.71 bits per heavy atom. The first-order valence-electron chi connectivity index (χ1n) is 4.52. The van der Waals surface area contributed by atoms with Gasteiger partial charge in [-0.15, -0.1) is 36.2 Å². The van der Waals surface area contributed by atoms with Gasteiger partial charge < -0.3 is 5.32 Å². The van der Waals surface area contributed by atoms with E-state index in [-0.39, 0.29) is 24.8 Å². The van der Waals surface area contributed by atoms with Crippen molar-refractivity contribution < 1.29 is 0 Å². The van der Waals surface area contributed by atoms with E-state index in [1.54, 1.807) is 0 Å². The summed E-state index contributed by atoms with van der Waals surface area (Å²) in [6.07, 6.45) is 5.89. The molecule has 1 aromatic heterocycles. The van der Waals surface area contributed by atoms with Crippen molar-refractivity contribution in [3.05, 3.63) is 16.1 Å². The summed E-state index contributed by atoms with van der Waals surface area (Å²) in [5.41, 5.74) is 0. The van der Waals surface area contributed by atoms with Gasteiger partial charge in [-0.3, -0.25) is 0 Å². The van der Waals surface area contributed by atoms with Crippen molar-refractivity contribution in [1.82, 2.24) is 10.3 Å². The molecule has 0 radical (unpaired) electrons. The minimum absolute atomic E-state index is 0. The van der Waals surface area contributed by atoms with Crippen LogP contribution in [0.15, 0.2) is 6.20 Å². The van der Waals surface area contributed by atoms with Crippen LogP contribution in [0.4, 0.5) is 0 Å². The van der Waals surface area contributed by atoms with Crippen LogP contribution >= 0.6 is 36.2 Å². The molecule has 1 fully saturated rings. The number of aryl methyl sites for hydroxylation is 1. The third-order valence-corrected chi connectivity index (χ3v) is 3.27. The number of hydrogen-bond acceptors (Lipinski definition) is 3. The monoisotopic (exact) mass is 254 g/mol. The van der Waals surface area contributed by atoms with E-state index in [0.29, 0.717) is 6.04 Å². The van der Waals surface area contributed by atoms with Gasteiger partial charge in [-0.05, 0) is 26.3 Å². The molecule has 1 aliphatic rings. The Morgan fingerprint density at radius 1 is 1.43 bits per heavy atom. The molecule has 5 heteroatoms. The summed E-state index contributed by atoms with van der Waals surface area (Å²) < 4.78 is 0. The Kier molecular flexibility index (Phi) is 6.70. The molecule has 2 heterocycles. The molecule has 82 valence electrons. The molecule has 0 amide bonds. The van der Waals surface area contributed by atoms with E-state index in [4.69, 9.17) is 0 Å². The van der Waals surface area contributed by atoms with Crippen molar-refractivity contribution in [2.45, 2.75) is 32.2 Å². The minimum atomic E-state index is 0. The third kappa shape index (κ3) is 3.39. The molecule has 1 unspecified atom stereocenters. The lowest BCUT2D eigenvalue weighted by atomic mass is 10.1. The molecule has 1 aromatic rings. The lowest BCUT2D eigenvalue weighted by Crippen LogP contribution is -2.26. The fourth-order valence-corrected chi connectivity index (χ4v) is 2.48. The lowest BCUT2D eigenvalue weighted by molar-refractivity contribution is 0.411. The first kappa shape index (κ1) is 14.2. The molecule has 0 saturated carbocycles. The average Bonchev–Trinajstić information content (AvgIpc) is 2.54. The molecule has 1 N–H and O–H groups in total. The summed E-state index contributed by atoms with van der Waals surface area (Å²) in [6, 6.07) is 0.539. The van der Waals surface area contributed by atoms with Gasteiger partial charge >= 0.3 is 0 Å². The van der Waals surface area contributed by atoms with E-state index in [0.717, 1.165) is 6.54 Å². The fourth-order valence-electron chi connectivity index (χ4n) is 1.60. The number of rotatable bonds is 1. The summed E-state index contributed by atoms with van der Waals surface area (Å²) in [5.74, 6) is 0. The van der Waals surface area contributed by atoms with Crippen LogP contribution < -0.4 is 5.32 Å². The summed E-state index contributed by atoms with van der Waals surface area (Å²) >= 11 is 1.82. The van der Waals surface area contributed by atoms with Crippen molar-refractivity contribution in [2.75, 3.05) is 6.54 Å². The topological polar surface area (TPSA) is 24.9 Å². The zero-order valence-corrected chi connectivity index (χ0v) is 10.6. The molecular formula is C9H16Cl2N2S. The van der Waals surface area contributed by atoms with Crippen LogP contribution in [-0.2, 0) is 0 Å². The smallest absolute Gasteiger partial charge is 0.110 e. The molecule has 0 aliphatic carbocycles. The van der Waals surface area contributed by atoms with Crippen LogP contribution in [0.1, 0.15) is 35.2 Å². The molecular weight excluding hydrogens is 239 g/mol. The van der Waals surface area contributed by atoms with Gasteiger partial charge in [-0.1, -0.05) is 6.42 Å². The van der Waals surface area contributed by atoms with Crippen molar-refractivity contribution in [1.29, 1.82) is 0 Å². The standard InChI is InChI=1S/C9H14N2S.2ClH/c1-7-6-11-9(12-7)8-4-2-3-5-10-8;;/h6,8,10H,2-5H2,1H3;2*1H. The van der Waals surface area contributed by atoms with Gasteiger partial charge in [0, 0.05) is 11.1 Å². The molecule has 2 rings (SSSR count). The molecule has 14 heavy (non-hydrogen) atoms. The largest absolute Gasteiger partial charge is 0.308 e. The zero-order valence-electron chi connectivity index (χ0n) is 8.16. The van der Waals surface area contributed by atoms with Crippen LogP contribution in [-0.4, -0.2) is 11.5 Å². The highest BCUT2D eigenvalue weighted by Crippen LogP contribution is 2.25. The number of halogens is 2. The highest BCUT2D eigenvalue weighted by Gasteiger charge is 2.16. The molecule has 0 spiro atoms. The Hall–Kier alpha value is 0.170. The highest BCUT2D eigenvalue weighted by atomic mass is 35.5. The van der Waals surface area contributed by atoms with E-state index in [1.807, 2.05) is 17.5 Å². The quantitative estimate of drug-likeness (QED) is 0.834. The Morgan fingerprint density at radius 2 is 2.21 bits per heavy atom.